The predicted octanol–water partition coefficient (Wildman–Crippen LogP) is 5.66. The van der Waals surface area contributed by atoms with E-state index >= 15 is 0 Å². The summed E-state index contributed by atoms with van der Waals surface area (Å²) in [6, 6.07) is 30.9. The minimum absolute atomic E-state index is 0.293. The lowest BCUT2D eigenvalue weighted by Crippen LogP contribution is -2.43. The van der Waals surface area contributed by atoms with Crippen LogP contribution >= 0.6 is 0 Å². The van der Waals surface area contributed by atoms with Crippen LogP contribution in [0.3, 0.4) is 0 Å². The number of amides is 1. The third kappa shape index (κ3) is 3.92. The van der Waals surface area contributed by atoms with Gasteiger partial charge in [0.25, 0.3) is 5.91 Å². The van der Waals surface area contributed by atoms with Crippen molar-refractivity contribution >= 4 is 44.2 Å². The van der Waals surface area contributed by atoms with Crippen LogP contribution in [-0.4, -0.2) is 25.0 Å². The van der Waals surface area contributed by atoms with Gasteiger partial charge in [0.15, 0.2) is 0 Å². The molecule has 5 aromatic rings. The van der Waals surface area contributed by atoms with Crippen molar-refractivity contribution in [3.05, 3.63) is 108 Å². The van der Waals surface area contributed by atoms with Gasteiger partial charge < -0.3 is 10.1 Å². The topological polar surface area (TPSA) is 55.4 Å². The number of hydrogen-bond acceptors (Lipinski definition) is 3. The van der Waals surface area contributed by atoms with Crippen molar-refractivity contribution in [3.8, 4) is 0 Å². The first-order chi connectivity index (χ1) is 16.2. The number of carbonyl (C=O) groups is 2. The van der Waals surface area contributed by atoms with Gasteiger partial charge >= 0.3 is 5.97 Å². The molecule has 1 atom stereocenters. The summed E-state index contributed by atoms with van der Waals surface area (Å²) in [5.74, 6) is -0.764. The number of benzene rings is 5. The van der Waals surface area contributed by atoms with E-state index < -0.39 is 12.0 Å². The molecule has 1 amide bonds. The molecule has 4 heteroatoms. The number of hydrogen-bond donors (Lipinski definition) is 1. The first-order valence-electron chi connectivity index (χ1n) is 10.9. The average molecular weight is 434 g/mol. The summed E-state index contributed by atoms with van der Waals surface area (Å²) < 4.78 is 5.05. The maximum absolute atomic E-state index is 13.6. The van der Waals surface area contributed by atoms with E-state index in [4.69, 9.17) is 4.74 Å². The second kappa shape index (κ2) is 8.75. The third-order valence-electron chi connectivity index (χ3n) is 6.09. The summed E-state index contributed by atoms with van der Waals surface area (Å²) in [7, 11) is 1.35. The minimum atomic E-state index is -0.814. The molecule has 0 radical (unpaired) electrons. The maximum Gasteiger partial charge on any atom is 0.328 e. The molecular weight excluding hydrogens is 410 g/mol. The van der Waals surface area contributed by atoms with Gasteiger partial charge in [-0.1, -0.05) is 91.0 Å². The summed E-state index contributed by atoms with van der Waals surface area (Å²) in [4.78, 5) is 26.3. The molecule has 0 heterocycles. The quantitative estimate of drug-likeness (QED) is 0.287. The van der Waals surface area contributed by atoms with Gasteiger partial charge in [-0.05, 0) is 43.9 Å². The van der Waals surface area contributed by atoms with E-state index in [1.807, 2.05) is 91.0 Å². The van der Waals surface area contributed by atoms with Gasteiger partial charge in [0.05, 0.1) is 12.7 Å². The van der Waals surface area contributed by atoms with Crippen LogP contribution in [0.1, 0.15) is 15.9 Å². The van der Waals surface area contributed by atoms with Gasteiger partial charge in [-0.25, -0.2) is 4.79 Å². The zero-order chi connectivity index (χ0) is 22.8. The number of esters is 1. The standard InChI is InChI=1S/C29H23NO3/c1-33-29(32)26(18-22-13-8-12-19-9-2-5-14-23(19)22)30-28(31)27-24-15-6-3-10-20(24)17-21-11-4-7-16-25(21)27/h2-17,26H,18H2,1H3,(H,30,31)/t26-/m1/s1. The normalized spacial score (nSPS) is 12.0. The predicted molar refractivity (Wildman–Crippen MR) is 132 cm³/mol. The molecule has 0 spiro atoms. The number of methoxy groups -OCH3 is 1. The fourth-order valence-electron chi connectivity index (χ4n) is 4.51. The summed E-state index contributed by atoms with van der Waals surface area (Å²) in [5, 5.41) is 8.76. The fourth-order valence-corrected chi connectivity index (χ4v) is 4.51. The highest BCUT2D eigenvalue weighted by molar-refractivity contribution is 6.18. The summed E-state index contributed by atoms with van der Waals surface area (Å²) in [5.41, 5.74) is 1.54. The number of fused-ring (bicyclic) bond motifs is 3. The molecule has 33 heavy (non-hydrogen) atoms. The fraction of sp³-hybridized carbons (Fsp3) is 0.103. The van der Waals surface area contributed by atoms with E-state index in [1.165, 1.54) is 7.11 Å². The minimum Gasteiger partial charge on any atom is -0.467 e. The molecule has 0 aliphatic heterocycles. The van der Waals surface area contributed by atoms with Crippen molar-refractivity contribution in [2.24, 2.45) is 0 Å². The van der Waals surface area contributed by atoms with Crippen molar-refractivity contribution < 1.29 is 14.3 Å². The molecule has 0 aliphatic rings. The van der Waals surface area contributed by atoms with Gasteiger partial charge in [-0.2, -0.15) is 0 Å². The van der Waals surface area contributed by atoms with Gasteiger partial charge in [-0.15, -0.1) is 0 Å². The van der Waals surface area contributed by atoms with Gasteiger partial charge in [0.1, 0.15) is 6.04 Å². The van der Waals surface area contributed by atoms with E-state index in [1.54, 1.807) is 0 Å². The highest BCUT2D eigenvalue weighted by Crippen LogP contribution is 2.29. The van der Waals surface area contributed by atoms with Crippen LogP contribution in [-0.2, 0) is 16.0 Å². The second-order valence-corrected chi connectivity index (χ2v) is 8.09. The summed E-state index contributed by atoms with van der Waals surface area (Å²) in [6.07, 6.45) is 0.336. The van der Waals surface area contributed by atoms with Crippen LogP contribution in [0.5, 0.6) is 0 Å². The second-order valence-electron chi connectivity index (χ2n) is 8.09. The molecule has 5 rings (SSSR count). The molecule has 0 aromatic heterocycles. The summed E-state index contributed by atoms with van der Waals surface area (Å²) in [6.45, 7) is 0. The number of ether oxygens (including phenoxy) is 1. The summed E-state index contributed by atoms with van der Waals surface area (Å²) >= 11 is 0. The van der Waals surface area contributed by atoms with Gasteiger partial charge in [0, 0.05) is 6.42 Å². The van der Waals surface area contributed by atoms with Crippen molar-refractivity contribution in [3.63, 3.8) is 0 Å². The van der Waals surface area contributed by atoms with Crippen molar-refractivity contribution in [2.45, 2.75) is 12.5 Å². The van der Waals surface area contributed by atoms with E-state index in [0.29, 0.717) is 12.0 Å². The van der Waals surface area contributed by atoms with Crippen LogP contribution in [0.25, 0.3) is 32.3 Å². The maximum atomic E-state index is 13.6. The van der Waals surface area contributed by atoms with Crippen LogP contribution in [0.4, 0.5) is 0 Å². The highest BCUT2D eigenvalue weighted by atomic mass is 16.5. The highest BCUT2D eigenvalue weighted by Gasteiger charge is 2.25. The number of rotatable bonds is 5. The molecule has 162 valence electrons. The molecule has 0 saturated heterocycles. The molecule has 0 saturated carbocycles. The Kier molecular flexibility index (Phi) is 5.49. The Balaban J connectivity index is 1.56. The SMILES string of the molecule is COC(=O)[C@@H](Cc1cccc2ccccc12)NC(=O)c1c2ccccc2cc2ccccc12. The Bertz CT molecular complexity index is 1450. The number of nitrogens with one attached hydrogen (secondary N) is 1. The molecule has 1 N–H and O–H groups in total. The van der Waals surface area contributed by atoms with Crippen molar-refractivity contribution in [1.29, 1.82) is 0 Å². The molecule has 5 aromatic carbocycles. The van der Waals surface area contributed by atoms with Crippen molar-refractivity contribution in [1.82, 2.24) is 5.32 Å². The Labute approximate surface area is 191 Å². The van der Waals surface area contributed by atoms with Gasteiger partial charge in [-0.3, -0.25) is 4.79 Å². The Morgan fingerprint density at radius 2 is 1.27 bits per heavy atom. The monoisotopic (exact) mass is 433 g/mol. The van der Waals surface area contributed by atoms with E-state index in [0.717, 1.165) is 37.9 Å². The van der Waals surface area contributed by atoms with Gasteiger partial charge in [0.2, 0.25) is 0 Å². The third-order valence-corrected chi connectivity index (χ3v) is 6.09. The lowest BCUT2D eigenvalue weighted by Gasteiger charge is -2.19. The van der Waals surface area contributed by atoms with Crippen LogP contribution in [0, 0.1) is 0 Å². The molecule has 0 fully saturated rings. The average Bonchev–Trinajstić information content (AvgIpc) is 2.86. The Morgan fingerprint density at radius 1 is 0.727 bits per heavy atom. The zero-order valence-electron chi connectivity index (χ0n) is 18.2. The van der Waals surface area contributed by atoms with Crippen LogP contribution in [0.15, 0.2) is 97.1 Å². The molecule has 0 unspecified atom stereocenters. The van der Waals surface area contributed by atoms with E-state index in [-0.39, 0.29) is 5.91 Å². The van der Waals surface area contributed by atoms with E-state index in [2.05, 4.69) is 11.4 Å². The van der Waals surface area contributed by atoms with Crippen molar-refractivity contribution in [2.75, 3.05) is 7.11 Å². The molecular formula is C29H23NO3. The largest absolute Gasteiger partial charge is 0.467 e. The van der Waals surface area contributed by atoms with E-state index in [9.17, 15) is 9.59 Å². The lowest BCUT2D eigenvalue weighted by molar-refractivity contribution is -0.142. The van der Waals surface area contributed by atoms with Crippen LogP contribution in [0.2, 0.25) is 0 Å². The molecule has 4 nitrogen and oxygen atoms in total. The molecule has 0 bridgehead atoms. The Hall–Kier alpha value is -4.18. The Morgan fingerprint density at radius 3 is 1.91 bits per heavy atom. The lowest BCUT2D eigenvalue weighted by atomic mass is 9.95. The number of carbonyl (C=O) groups excluding carboxylic acids is 2. The smallest absolute Gasteiger partial charge is 0.328 e. The molecule has 0 aliphatic carbocycles. The van der Waals surface area contributed by atoms with Crippen LogP contribution < -0.4 is 5.32 Å². The first-order valence-corrected chi connectivity index (χ1v) is 10.9. The first kappa shape index (κ1) is 20.7. The zero-order valence-corrected chi connectivity index (χ0v) is 18.2.